The first-order valence-corrected chi connectivity index (χ1v) is 9.87. The molecule has 3 aromatic rings. The van der Waals surface area contributed by atoms with Gasteiger partial charge in [0.2, 0.25) is 0 Å². The minimum absolute atomic E-state index is 0.191. The second kappa shape index (κ2) is 7.45. The predicted molar refractivity (Wildman–Crippen MR) is 110 cm³/mol. The number of carbonyl (C=O) groups is 1. The van der Waals surface area contributed by atoms with Gasteiger partial charge < -0.3 is 0 Å². The van der Waals surface area contributed by atoms with E-state index in [-0.39, 0.29) is 5.91 Å². The minimum Gasteiger partial charge on any atom is -0.266 e. The molecule has 4 nitrogen and oxygen atoms in total. The summed E-state index contributed by atoms with van der Waals surface area (Å²) in [5.41, 5.74) is 6.79. The maximum atomic E-state index is 12.6. The van der Waals surface area contributed by atoms with Gasteiger partial charge >= 0.3 is 0 Å². The Labute approximate surface area is 163 Å². The average Bonchev–Trinajstić information content (AvgIpc) is 3.42. The summed E-state index contributed by atoms with van der Waals surface area (Å²) in [5.74, 6) is 0.736. The third kappa shape index (κ3) is 3.83. The van der Waals surface area contributed by atoms with Crippen LogP contribution in [0.3, 0.4) is 0 Å². The highest BCUT2D eigenvalue weighted by Gasteiger charge is 2.40. The number of aromatic nitrogens is 1. The van der Waals surface area contributed by atoms with Crippen LogP contribution in [0.1, 0.15) is 40.2 Å². The van der Waals surface area contributed by atoms with Crippen molar-refractivity contribution in [2.75, 3.05) is 0 Å². The van der Waals surface area contributed by atoms with Crippen molar-refractivity contribution in [3.8, 4) is 10.6 Å². The number of thiazole rings is 1. The molecule has 0 radical (unpaired) electrons. The molecule has 2 atom stereocenters. The molecule has 4 rings (SSSR count). The summed E-state index contributed by atoms with van der Waals surface area (Å²) in [7, 11) is 0. The van der Waals surface area contributed by atoms with Crippen LogP contribution in [0, 0.1) is 12.8 Å². The molecule has 1 amide bonds. The summed E-state index contributed by atoms with van der Waals surface area (Å²) < 4.78 is 0. The van der Waals surface area contributed by atoms with Crippen LogP contribution < -0.4 is 5.43 Å². The van der Waals surface area contributed by atoms with Crippen LogP contribution in [0.25, 0.3) is 10.6 Å². The first-order valence-electron chi connectivity index (χ1n) is 9.06. The van der Waals surface area contributed by atoms with E-state index in [2.05, 4.69) is 39.8 Å². The van der Waals surface area contributed by atoms with E-state index in [1.807, 2.05) is 50.2 Å². The number of benzene rings is 2. The Morgan fingerprint density at radius 2 is 1.78 bits per heavy atom. The standard InChI is InChI=1S/C22H21N3OS/c1-14(18-13-19(18)16-9-5-3-6-10-16)24-25-21(26)20-15(2)23-22(27-20)17-11-7-4-8-12-17/h3-12,18-19H,13H2,1-2H3,(H,25,26)/b24-14+. The Balaban J connectivity index is 1.43. The molecule has 0 spiro atoms. The number of nitrogens with one attached hydrogen (secondary N) is 1. The summed E-state index contributed by atoms with van der Waals surface area (Å²) in [6.45, 7) is 3.85. The van der Waals surface area contributed by atoms with Gasteiger partial charge in [0.05, 0.1) is 5.69 Å². The van der Waals surface area contributed by atoms with E-state index in [4.69, 9.17) is 0 Å². The lowest BCUT2D eigenvalue weighted by atomic mass is 10.1. The van der Waals surface area contributed by atoms with Gasteiger partial charge in [-0.15, -0.1) is 11.3 Å². The summed E-state index contributed by atoms with van der Waals surface area (Å²) in [6, 6.07) is 20.4. The maximum absolute atomic E-state index is 12.6. The van der Waals surface area contributed by atoms with E-state index < -0.39 is 0 Å². The molecular formula is C22H21N3OS. The van der Waals surface area contributed by atoms with Crippen molar-refractivity contribution in [3.63, 3.8) is 0 Å². The fourth-order valence-corrected chi connectivity index (χ4v) is 4.27. The second-order valence-corrected chi connectivity index (χ2v) is 7.85. The van der Waals surface area contributed by atoms with Gasteiger partial charge in [-0.1, -0.05) is 60.7 Å². The highest BCUT2D eigenvalue weighted by molar-refractivity contribution is 7.17. The zero-order valence-corrected chi connectivity index (χ0v) is 16.2. The molecule has 1 aliphatic rings. The minimum atomic E-state index is -0.191. The molecule has 0 saturated heterocycles. The summed E-state index contributed by atoms with van der Waals surface area (Å²) in [4.78, 5) is 17.7. The maximum Gasteiger partial charge on any atom is 0.283 e. The van der Waals surface area contributed by atoms with E-state index >= 15 is 0 Å². The van der Waals surface area contributed by atoms with Gasteiger partial charge in [0.15, 0.2) is 0 Å². The monoisotopic (exact) mass is 375 g/mol. The van der Waals surface area contributed by atoms with Gasteiger partial charge in [0, 0.05) is 17.2 Å². The Hall–Kier alpha value is -2.79. The Kier molecular flexibility index (Phi) is 4.86. The van der Waals surface area contributed by atoms with E-state index in [1.54, 1.807) is 0 Å². The number of hydrogen-bond acceptors (Lipinski definition) is 4. The van der Waals surface area contributed by atoms with Crippen molar-refractivity contribution >= 4 is 23.0 Å². The van der Waals surface area contributed by atoms with Crippen LogP contribution in [0.4, 0.5) is 0 Å². The van der Waals surface area contributed by atoms with E-state index in [1.165, 1.54) is 16.9 Å². The third-order valence-corrected chi connectivity index (χ3v) is 6.12. The first-order chi connectivity index (χ1) is 13.1. The van der Waals surface area contributed by atoms with Crippen LogP contribution in [0.5, 0.6) is 0 Å². The van der Waals surface area contributed by atoms with Gasteiger partial charge in [-0.05, 0) is 31.7 Å². The Bertz CT molecular complexity index is 979. The van der Waals surface area contributed by atoms with E-state index in [0.29, 0.717) is 16.7 Å². The van der Waals surface area contributed by atoms with Crippen molar-refractivity contribution in [2.24, 2.45) is 11.0 Å². The molecular weight excluding hydrogens is 354 g/mol. The number of carbonyl (C=O) groups excluding carboxylic acids is 1. The van der Waals surface area contributed by atoms with Crippen molar-refractivity contribution in [2.45, 2.75) is 26.2 Å². The zero-order valence-electron chi connectivity index (χ0n) is 15.3. The van der Waals surface area contributed by atoms with Crippen LogP contribution >= 0.6 is 11.3 Å². The van der Waals surface area contributed by atoms with Crippen LogP contribution in [-0.2, 0) is 0 Å². The molecule has 1 fully saturated rings. The second-order valence-electron chi connectivity index (χ2n) is 6.85. The number of amides is 1. The van der Waals surface area contributed by atoms with E-state index in [0.717, 1.165) is 28.4 Å². The molecule has 1 N–H and O–H groups in total. The molecule has 0 bridgehead atoms. The fraction of sp³-hybridized carbons (Fsp3) is 0.227. The Morgan fingerprint density at radius 1 is 1.11 bits per heavy atom. The molecule has 27 heavy (non-hydrogen) atoms. The zero-order chi connectivity index (χ0) is 18.8. The molecule has 2 aromatic carbocycles. The van der Waals surface area contributed by atoms with Crippen LogP contribution in [0.2, 0.25) is 0 Å². The highest BCUT2D eigenvalue weighted by atomic mass is 32.1. The summed E-state index contributed by atoms with van der Waals surface area (Å²) in [5, 5.41) is 5.21. The quantitative estimate of drug-likeness (QED) is 0.502. The summed E-state index contributed by atoms with van der Waals surface area (Å²) >= 11 is 1.40. The summed E-state index contributed by atoms with van der Waals surface area (Å²) in [6.07, 6.45) is 1.09. The van der Waals surface area contributed by atoms with Crippen molar-refractivity contribution in [3.05, 3.63) is 76.8 Å². The number of aryl methyl sites for hydroxylation is 1. The lowest BCUT2D eigenvalue weighted by Gasteiger charge is -2.02. The average molecular weight is 375 g/mol. The van der Waals surface area contributed by atoms with Crippen molar-refractivity contribution in [1.29, 1.82) is 0 Å². The topological polar surface area (TPSA) is 54.4 Å². The van der Waals surface area contributed by atoms with E-state index in [9.17, 15) is 4.79 Å². The first kappa shape index (κ1) is 17.6. The molecule has 1 aliphatic carbocycles. The number of rotatable bonds is 5. The Morgan fingerprint density at radius 3 is 2.48 bits per heavy atom. The molecule has 1 heterocycles. The number of nitrogens with zero attached hydrogens (tertiary/aromatic N) is 2. The molecule has 2 unspecified atom stereocenters. The van der Waals surface area contributed by atoms with Gasteiger partial charge in [-0.3, -0.25) is 4.79 Å². The fourth-order valence-electron chi connectivity index (χ4n) is 3.31. The largest absolute Gasteiger partial charge is 0.283 e. The predicted octanol–water partition coefficient (Wildman–Crippen LogP) is 5.03. The van der Waals surface area contributed by atoms with Gasteiger partial charge in [-0.25, -0.2) is 10.4 Å². The third-order valence-electron chi connectivity index (χ3n) is 4.91. The van der Waals surface area contributed by atoms with Gasteiger partial charge in [-0.2, -0.15) is 5.10 Å². The number of hydrogen-bond donors (Lipinski definition) is 1. The lowest BCUT2D eigenvalue weighted by Crippen LogP contribution is -2.19. The highest BCUT2D eigenvalue weighted by Crippen LogP contribution is 2.48. The lowest BCUT2D eigenvalue weighted by molar-refractivity contribution is 0.0958. The SMILES string of the molecule is C/C(=N\NC(=O)c1sc(-c2ccccc2)nc1C)C1CC1c1ccccc1. The molecule has 1 aromatic heterocycles. The van der Waals surface area contributed by atoms with Crippen LogP contribution in [0.15, 0.2) is 65.8 Å². The molecule has 0 aliphatic heterocycles. The van der Waals surface area contributed by atoms with Crippen molar-refractivity contribution in [1.82, 2.24) is 10.4 Å². The normalized spacial score (nSPS) is 19.0. The van der Waals surface area contributed by atoms with Gasteiger partial charge in [0.1, 0.15) is 9.88 Å². The molecule has 136 valence electrons. The van der Waals surface area contributed by atoms with Crippen LogP contribution in [-0.4, -0.2) is 16.6 Å². The van der Waals surface area contributed by atoms with Crippen molar-refractivity contribution < 1.29 is 4.79 Å². The molecule has 5 heteroatoms. The molecule has 1 saturated carbocycles. The van der Waals surface area contributed by atoms with Gasteiger partial charge in [0.25, 0.3) is 5.91 Å². The number of hydrazone groups is 1. The smallest absolute Gasteiger partial charge is 0.266 e.